The molecule has 5 nitrogen and oxygen atoms in total. The van der Waals surface area contributed by atoms with Gasteiger partial charge in [0.2, 0.25) is 0 Å². The lowest BCUT2D eigenvalue weighted by Crippen LogP contribution is -2.64. The number of rotatable bonds is 8. The van der Waals surface area contributed by atoms with Gasteiger partial charge in [-0.15, -0.1) is 0 Å². The predicted octanol–water partition coefficient (Wildman–Crippen LogP) is 27.3. The topological polar surface area (TPSA) is 23.9 Å². The van der Waals surface area contributed by atoms with Gasteiger partial charge in [-0.1, -0.05) is 341 Å². The molecule has 0 amide bonds. The summed E-state index contributed by atoms with van der Waals surface area (Å²) in [6, 6.07) is 130. The number of ether oxygens (including phenoxy) is 1. The predicted molar refractivity (Wildman–Crippen MR) is 532 cm³/mol. The zero-order valence-corrected chi connectivity index (χ0v) is 71.8. The van der Waals surface area contributed by atoms with Crippen LogP contribution in [0.2, 0.25) is 0 Å². The van der Waals surface area contributed by atoms with Gasteiger partial charge in [0.1, 0.15) is 11.5 Å². The van der Waals surface area contributed by atoms with Gasteiger partial charge >= 0.3 is 0 Å². The second kappa shape index (κ2) is 27.2. The van der Waals surface area contributed by atoms with Crippen LogP contribution in [-0.4, -0.2) is 18.0 Å². The highest BCUT2D eigenvalue weighted by Gasteiger charge is 2.54. The van der Waals surface area contributed by atoms with E-state index in [0.29, 0.717) is 5.56 Å². The third-order valence-corrected chi connectivity index (χ3v) is 28.1. The lowest BCUT2D eigenvalue weighted by atomic mass is 9.30. The van der Waals surface area contributed by atoms with Crippen molar-refractivity contribution in [1.82, 2.24) is 4.57 Å². The molecule has 0 bridgehead atoms. The quantitative estimate of drug-likeness (QED) is 0.142. The Labute approximate surface area is 745 Å². The number of hydrogen-bond donors (Lipinski definition) is 0. The molecule has 0 fully saturated rings. The van der Waals surface area contributed by atoms with Crippen molar-refractivity contribution >= 4 is 130 Å². The molecule has 598 valence electrons. The van der Waals surface area contributed by atoms with Gasteiger partial charge in [-0.2, -0.15) is 0 Å². The summed E-state index contributed by atoms with van der Waals surface area (Å²) in [5, 5.41) is 4.46. The second-order valence-electron chi connectivity index (χ2n) is 38.2. The molecular formula is C119H90B2N4O. The highest BCUT2D eigenvalue weighted by molar-refractivity contribution is 7.02. The van der Waals surface area contributed by atoms with Crippen LogP contribution in [0.15, 0.2) is 382 Å². The maximum Gasteiger partial charge on any atom is 0.256 e. The van der Waals surface area contributed by atoms with Gasteiger partial charge in [0.05, 0.1) is 40.4 Å². The Balaban J connectivity index is 0.782. The minimum atomic E-state index is -0.615. The largest absolute Gasteiger partial charge is 0.458 e. The number of nitrogens with zero attached hydrogens (tertiary/aromatic N) is 4. The van der Waals surface area contributed by atoms with E-state index in [0.717, 1.165) is 151 Å². The van der Waals surface area contributed by atoms with Crippen molar-refractivity contribution in [3.8, 4) is 83.9 Å². The van der Waals surface area contributed by atoms with Crippen LogP contribution < -0.4 is 52.2 Å². The first kappa shape index (κ1) is 68.8. The fourth-order valence-electron chi connectivity index (χ4n) is 22.4. The van der Waals surface area contributed by atoms with Crippen LogP contribution in [-0.2, 0) is 21.7 Å². The molecule has 0 saturated carbocycles. The molecule has 0 unspecified atom stereocenters. The van der Waals surface area contributed by atoms with Crippen molar-refractivity contribution in [2.45, 2.75) is 84.0 Å². The first-order valence-electron chi connectivity index (χ1n) is 46.8. The summed E-state index contributed by atoms with van der Waals surface area (Å²) < 4.78 is 56.0. The number of hydrogen-bond acceptors (Lipinski definition) is 4. The summed E-state index contributed by atoms with van der Waals surface area (Å²) in [4.78, 5) is 7.53. The highest BCUT2D eigenvalue weighted by Crippen LogP contribution is 2.65. The van der Waals surface area contributed by atoms with Gasteiger partial charge in [-0.25, -0.2) is 0 Å². The van der Waals surface area contributed by atoms with E-state index in [9.17, 15) is 2.74 Å². The molecule has 7 heteroatoms. The van der Waals surface area contributed by atoms with E-state index >= 15 is 0 Å². The van der Waals surface area contributed by atoms with Crippen molar-refractivity contribution in [2.75, 3.05) is 14.7 Å². The molecule has 5 heterocycles. The fourth-order valence-corrected chi connectivity index (χ4v) is 22.4. The molecule has 126 heavy (non-hydrogen) atoms. The molecule has 25 rings (SSSR count). The van der Waals surface area contributed by atoms with E-state index in [1.54, 1.807) is 0 Å². The zero-order chi connectivity index (χ0) is 88.9. The van der Waals surface area contributed by atoms with Gasteiger partial charge in [0.25, 0.3) is 13.4 Å². The van der Waals surface area contributed by atoms with Crippen LogP contribution in [0, 0.1) is 0 Å². The van der Waals surface area contributed by atoms with Crippen molar-refractivity contribution in [3.63, 3.8) is 0 Å². The molecule has 0 atom stereocenters. The number of fused-ring (bicyclic) bond motifs is 23. The summed E-state index contributed by atoms with van der Waals surface area (Å²) in [7, 11) is 0. The van der Waals surface area contributed by atoms with E-state index < -0.39 is 18.2 Å². The molecule has 1 aromatic heterocycles. The number of anilines is 9. The molecule has 6 aliphatic rings. The summed E-state index contributed by atoms with van der Waals surface area (Å²) in [5.41, 5.74) is 38.8. The number of aromatic nitrogens is 1. The molecule has 19 aromatic rings. The Bertz CT molecular complexity index is 7940. The fraction of sp³-hybridized carbons (Fsp3) is 0.109. The smallest absolute Gasteiger partial charge is 0.256 e. The second-order valence-corrected chi connectivity index (χ2v) is 38.2. The Kier molecular flexibility index (Phi) is 14.8. The van der Waals surface area contributed by atoms with E-state index in [1.807, 2.05) is 12.1 Å². The van der Waals surface area contributed by atoms with Gasteiger partial charge in [0, 0.05) is 73.2 Å². The van der Waals surface area contributed by atoms with E-state index in [1.165, 1.54) is 77.5 Å². The number of para-hydroxylation sites is 3. The third kappa shape index (κ3) is 10.8. The first-order valence-corrected chi connectivity index (χ1v) is 44.3. The lowest BCUT2D eigenvalue weighted by molar-refractivity contribution is 0.488. The van der Waals surface area contributed by atoms with Crippen molar-refractivity contribution in [2.24, 2.45) is 0 Å². The molecular weight excluding hydrogens is 1520 g/mol. The summed E-state index contributed by atoms with van der Waals surface area (Å²) in [6.07, 6.45) is 0. The monoisotopic (exact) mass is 1620 g/mol. The minimum absolute atomic E-state index is 0.132. The maximum atomic E-state index is 9.35. The molecule has 0 N–H and O–H groups in total. The van der Waals surface area contributed by atoms with Gasteiger partial charge in [-0.3, -0.25) is 0 Å². The molecule has 18 aromatic carbocycles. The molecule has 0 radical (unpaired) electrons. The van der Waals surface area contributed by atoms with Crippen molar-refractivity contribution < 1.29 is 11.6 Å². The molecule has 0 saturated heterocycles. The van der Waals surface area contributed by atoms with Crippen LogP contribution >= 0.6 is 0 Å². The van der Waals surface area contributed by atoms with E-state index in [-0.39, 0.29) is 52.7 Å². The summed E-state index contributed by atoms with van der Waals surface area (Å²) >= 11 is 0. The third-order valence-electron chi connectivity index (χ3n) is 28.1. The Hall–Kier alpha value is -14.7. The van der Waals surface area contributed by atoms with Crippen LogP contribution in [0.4, 0.5) is 51.2 Å². The van der Waals surface area contributed by atoms with Crippen molar-refractivity contribution in [3.05, 3.63) is 421 Å². The highest BCUT2D eigenvalue weighted by atomic mass is 16.5. The molecule has 1 spiro atoms. The van der Waals surface area contributed by atoms with Crippen LogP contribution in [0.25, 0.3) is 105 Å². The van der Waals surface area contributed by atoms with Gasteiger partial charge < -0.3 is 24.0 Å². The lowest BCUT2D eigenvalue weighted by Gasteiger charge is -2.46. The Morgan fingerprint density at radius 1 is 0.286 bits per heavy atom. The Morgan fingerprint density at radius 2 is 0.770 bits per heavy atom. The van der Waals surface area contributed by atoms with Crippen LogP contribution in [0.3, 0.4) is 0 Å². The number of benzene rings is 18. The maximum absolute atomic E-state index is 9.35. The van der Waals surface area contributed by atoms with E-state index in [2.05, 4.69) is 421 Å². The van der Waals surface area contributed by atoms with E-state index in [4.69, 9.17) is 8.85 Å². The standard InChI is InChI=1S/C119H90B2N4O/c1-116(2,3)79-56-61-102-93(65-79)94-66-80(117(4,5)6)57-62-103(94)124(102)84-69-107-112-108(70-84)123(83-58-53-74(54-59-83)73-33-14-10-15-34-73)106-72-109-101(71-100(106)120(112)98-49-28-30-51-104(98)122(107)82-39-20-13-21-40-82)121-99-50-29-31-52-105(99)125(114-91(75-35-16-11-17-36-75)67-81(118(7,8)9)68-92(114)76-37-18-12-19-38-76)115-86-60-55-77(63-78(86)64-110(126-109)113(115)121)85-44-32-45-90-89-43-24-27-48-97(89)119(111(85)90)95-46-25-22-41-87(95)88-42-23-26-47-96(88)119/h10-72H,1-9H3/i10D,14D,15D,33D,34D. The first-order chi connectivity index (χ1) is 63.5. The minimum Gasteiger partial charge on any atom is -0.458 e. The normalized spacial score (nSPS) is 14.5. The zero-order valence-electron chi connectivity index (χ0n) is 76.8. The average molecular weight is 1620 g/mol. The van der Waals surface area contributed by atoms with Crippen molar-refractivity contribution in [1.29, 1.82) is 0 Å². The summed E-state index contributed by atoms with van der Waals surface area (Å²) in [6.45, 7) is 20.0. The average Bonchev–Trinajstić information content (AvgIpc) is 1.52. The molecule has 4 aliphatic heterocycles. The van der Waals surface area contributed by atoms with Crippen LogP contribution in [0.5, 0.6) is 11.5 Å². The van der Waals surface area contributed by atoms with Crippen LogP contribution in [0.1, 0.15) is 108 Å². The Morgan fingerprint density at radius 3 is 1.35 bits per heavy atom. The summed E-state index contributed by atoms with van der Waals surface area (Å²) in [5.74, 6) is 1.47. The molecule has 2 aliphatic carbocycles. The SMILES string of the molecule is [2H]c1c([2H])c([2H])c(-c2ccc(N3c4cc5c(cc4B4c6ccccc6N(c6ccccc6)c6cc(-n7c8ccc(C(C)(C)C)cc8c8cc(C(C)(C)C)ccc87)cc3c64)B3c4ccccc4N(c4c(-c6ccccc6)cc(C(C)(C)C)cc4-c4ccccc4)c4c3c(cc3cc(-c6cccc7c6C6(c8ccccc8-c8ccccc86)c6ccccc6-7)ccc43)O5)cc2)c([2H])c1[2H]. The van der Waals surface area contributed by atoms with Gasteiger partial charge in [0.15, 0.2) is 0 Å². The van der Waals surface area contributed by atoms with Gasteiger partial charge in [-0.05, 0) is 246 Å².